The van der Waals surface area contributed by atoms with Gasteiger partial charge in [-0.1, -0.05) is 158 Å². The predicted octanol–water partition coefficient (Wildman–Crippen LogP) is 14.0. The SMILES string of the molecule is c1ccc(-c2cc(-c3cccc(-c4cccc5c4sc4cc6c(cc45)-c4ccccc4C64c5ccccc5Oc5ccccc54)c3)nc(-c3ccccc3)n2)cc1. The van der Waals surface area contributed by atoms with Crippen LogP contribution < -0.4 is 4.74 Å². The van der Waals surface area contributed by atoms with E-state index in [0.29, 0.717) is 5.82 Å². The molecule has 57 heavy (non-hydrogen) atoms. The summed E-state index contributed by atoms with van der Waals surface area (Å²) in [5, 5.41) is 2.55. The summed E-state index contributed by atoms with van der Waals surface area (Å²) in [4.78, 5) is 10.2. The zero-order valence-corrected chi connectivity index (χ0v) is 31.5. The Morgan fingerprint density at radius 1 is 0.386 bits per heavy atom. The molecule has 3 heterocycles. The predicted molar refractivity (Wildman–Crippen MR) is 234 cm³/mol. The minimum atomic E-state index is -0.492. The van der Waals surface area contributed by atoms with Crippen LogP contribution in [0.25, 0.3) is 76.3 Å². The second kappa shape index (κ2) is 12.4. The molecule has 0 N–H and O–H groups in total. The van der Waals surface area contributed by atoms with Crippen molar-refractivity contribution in [2.24, 2.45) is 0 Å². The second-order valence-corrected chi connectivity index (χ2v) is 15.9. The van der Waals surface area contributed by atoms with Gasteiger partial charge in [0.1, 0.15) is 11.5 Å². The minimum Gasteiger partial charge on any atom is -0.457 e. The van der Waals surface area contributed by atoms with E-state index in [1.807, 2.05) is 35.6 Å². The number of aromatic nitrogens is 2. The van der Waals surface area contributed by atoms with E-state index < -0.39 is 5.41 Å². The van der Waals surface area contributed by atoms with E-state index in [1.165, 1.54) is 59.1 Å². The van der Waals surface area contributed by atoms with Gasteiger partial charge in [0, 0.05) is 48.0 Å². The van der Waals surface area contributed by atoms with Gasteiger partial charge in [0.25, 0.3) is 0 Å². The second-order valence-electron chi connectivity index (χ2n) is 14.8. The van der Waals surface area contributed by atoms with E-state index in [-0.39, 0.29) is 0 Å². The van der Waals surface area contributed by atoms with E-state index in [9.17, 15) is 0 Å². The lowest BCUT2D eigenvalue weighted by Crippen LogP contribution is -2.32. The smallest absolute Gasteiger partial charge is 0.160 e. The molecular formula is C53H32N2OS. The van der Waals surface area contributed by atoms with Crippen LogP contribution in [0.5, 0.6) is 11.5 Å². The number of hydrogen-bond donors (Lipinski definition) is 0. The molecule has 0 bridgehead atoms. The van der Waals surface area contributed by atoms with E-state index in [4.69, 9.17) is 14.7 Å². The first-order valence-corrected chi connectivity index (χ1v) is 20.1. The third kappa shape index (κ3) is 4.78. The Hall–Kier alpha value is -7.14. The number of ether oxygens (including phenoxy) is 1. The quantitative estimate of drug-likeness (QED) is 0.180. The van der Waals surface area contributed by atoms with Crippen LogP contribution in [0.1, 0.15) is 22.3 Å². The minimum absolute atomic E-state index is 0.492. The first-order chi connectivity index (χ1) is 28.2. The van der Waals surface area contributed by atoms with Gasteiger partial charge in [-0.25, -0.2) is 9.97 Å². The Morgan fingerprint density at radius 3 is 1.72 bits per heavy atom. The first kappa shape index (κ1) is 32.1. The maximum absolute atomic E-state index is 6.59. The topological polar surface area (TPSA) is 35.0 Å². The van der Waals surface area contributed by atoms with Crippen molar-refractivity contribution in [2.75, 3.05) is 0 Å². The van der Waals surface area contributed by atoms with Gasteiger partial charge >= 0.3 is 0 Å². The van der Waals surface area contributed by atoms with Crippen molar-refractivity contribution in [1.29, 1.82) is 0 Å². The molecule has 1 spiro atoms. The van der Waals surface area contributed by atoms with Crippen LogP contribution in [0, 0.1) is 0 Å². The molecule has 3 nitrogen and oxygen atoms in total. The first-order valence-electron chi connectivity index (χ1n) is 19.3. The van der Waals surface area contributed by atoms with E-state index in [0.717, 1.165) is 45.1 Å². The molecular weight excluding hydrogens is 713 g/mol. The van der Waals surface area contributed by atoms with Crippen molar-refractivity contribution in [3.63, 3.8) is 0 Å². The Morgan fingerprint density at radius 2 is 0.965 bits per heavy atom. The Labute approximate surface area is 334 Å². The number of benzene rings is 8. The fourth-order valence-corrected chi connectivity index (χ4v) is 10.5. The number of fused-ring (bicyclic) bond motifs is 12. The van der Waals surface area contributed by atoms with Gasteiger partial charge in [0.15, 0.2) is 5.82 Å². The molecule has 1 aliphatic heterocycles. The summed E-state index contributed by atoms with van der Waals surface area (Å²) < 4.78 is 9.14. The summed E-state index contributed by atoms with van der Waals surface area (Å²) in [5.74, 6) is 2.53. The molecule has 2 aliphatic rings. The van der Waals surface area contributed by atoms with Gasteiger partial charge in [-0.3, -0.25) is 0 Å². The monoisotopic (exact) mass is 744 g/mol. The van der Waals surface area contributed by atoms with Gasteiger partial charge in [0.2, 0.25) is 0 Å². The maximum atomic E-state index is 6.59. The summed E-state index contributed by atoms with van der Waals surface area (Å²) in [7, 11) is 0. The molecule has 0 unspecified atom stereocenters. The summed E-state index contributed by atoms with van der Waals surface area (Å²) >= 11 is 1.88. The largest absolute Gasteiger partial charge is 0.457 e. The molecule has 0 saturated carbocycles. The van der Waals surface area contributed by atoms with Crippen LogP contribution in [0.4, 0.5) is 0 Å². The molecule has 0 atom stereocenters. The van der Waals surface area contributed by atoms with E-state index in [1.54, 1.807) is 0 Å². The average molecular weight is 745 g/mol. The fourth-order valence-electron chi connectivity index (χ4n) is 9.28. The maximum Gasteiger partial charge on any atom is 0.160 e. The number of hydrogen-bond acceptors (Lipinski definition) is 4. The van der Waals surface area contributed by atoms with Crippen molar-refractivity contribution in [1.82, 2.24) is 9.97 Å². The molecule has 266 valence electrons. The molecule has 0 radical (unpaired) electrons. The van der Waals surface area contributed by atoms with Crippen molar-refractivity contribution in [3.8, 4) is 67.7 Å². The highest BCUT2D eigenvalue weighted by atomic mass is 32.1. The number of nitrogens with zero attached hydrogens (tertiary/aromatic N) is 2. The molecule has 8 aromatic carbocycles. The molecule has 1 aliphatic carbocycles. The van der Waals surface area contributed by atoms with Crippen molar-refractivity contribution in [3.05, 3.63) is 216 Å². The van der Waals surface area contributed by atoms with E-state index in [2.05, 4.69) is 170 Å². The Balaban J connectivity index is 1.05. The van der Waals surface area contributed by atoms with Crippen molar-refractivity contribution in [2.45, 2.75) is 5.41 Å². The van der Waals surface area contributed by atoms with Gasteiger partial charge in [-0.2, -0.15) is 0 Å². The number of rotatable bonds is 4. The summed E-state index contributed by atoms with van der Waals surface area (Å²) in [6.45, 7) is 0. The standard InChI is InChI=1S/C53H32N2OS/c1-3-15-33(16-4-1)46-32-47(55-52(54-46)34-17-5-2-6-18-34)36-20-13-19-35(29-36)37-22-14-23-39-41-30-40-38-21-7-8-24-42(38)53(45(40)31-50(41)57-51(37)39)43-25-9-11-27-48(43)56-49-28-12-10-26-44(49)53/h1-32H. The highest BCUT2D eigenvalue weighted by molar-refractivity contribution is 7.26. The van der Waals surface area contributed by atoms with Crippen LogP contribution in [-0.4, -0.2) is 9.97 Å². The normalized spacial score (nSPS) is 13.2. The van der Waals surface area contributed by atoms with Gasteiger partial charge in [-0.05, 0) is 69.8 Å². The van der Waals surface area contributed by atoms with E-state index >= 15 is 0 Å². The Bertz CT molecular complexity index is 3120. The summed E-state index contributed by atoms with van der Waals surface area (Å²) in [6.07, 6.45) is 0. The molecule has 10 aromatic rings. The van der Waals surface area contributed by atoms with Crippen LogP contribution in [0.3, 0.4) is 0 Å². The third-order valence-electron chi connectivity index (χ3n) is 11.8. The number of para-hydroxylation sites is 2. The van der Waals surface area contributed by atoms with Gasteiger partial charge in [-0.15, -0.1) is 11.3 Å². The van der Waals surface area contributed by atoms with Crippen LogP contribution in [0.15, 0.2) is 194 Å². The lowest BCUT2D eigenvalue weighted by Gasteiger charge is -2.39. The fraction of sp³-hybridized carbons (Fsp3) is 0.0189. The molecule has 0 fully saturated rings. The molecule has 4 heteroatoms. The molecule has 0 saturated heterocycles. The number of thiophene rings is 1. The lowest BCUT2D eigenvalue weighted by atomic mass is 9.66. The zero-order chi connectivity index (χ0) is 37.5. The zero-order valence-electron chi connectivity index (χ0n) is 30.7. The lowest BCUT2D eigenvalue weighted by molar-refractivity contribution is 0.436. The molecule has 0 amide bonds. The highest BCUT2D eigenvalue weighted by Crippen LogP contribution is 2.63. The van der Waals surface area contributed by atoms with Crippen LogP contribution >= 0.6 is 11.3 Å². The third-order valence-corrected chi connectivity index (χ3v) is 13.0. The summed E-state index contributed by atoms with van der Waals surface area (Å²) in [5.41, 5.74) is 14.3. The molecule has 12 rings (SSSR count). The van der Waals surface area contributed by atoms with Crippen LogP contribution in [-0.2, 0) is 5.41 Å². The Kier molecular flexibility index (Phi) is 7.01. The van der Waals surface area contributed by atoms with Crippen molar-refractivity contribution >= 4 is 31.5 Å². The van der Waals surface area contributed by atoms with Gasteiger partial charge in [0.05, 0.1) is 16.8 Å². The van der Waals surface area contributed by atoms with Crippen molar-refractivity contribution < 1.29 is 4.74 Å². The van der Waals surface area contributed by atoms with Gasteiger partial charge < -0.3 is 4.74 Å². The highest BCUT2D eigenvalue weighted by Gasteiger charge is 2.51. The molecule has 2 aromatic heterocycles. The average Bonchev–Trinajstić information content (AvgIpc) is 3.79. The van der Waals surface area contributed by atoms with Crippen LogP contribution in [0.2, 0.25) is 0 Å². The summed E-state index contributed by atoms with van der Waals surface area (Å²) in [6, 6.07) is 69.3.